The second-order valence-corrected chi connectivity index (χ2v) is 12.0. The molecule has 8 aromatic rings. The Bertz CT molecular complexity index is 2440. The van der Waals surface area contributed by atoms with Gasteiger partial charge in [0.1, 0.15) is 23.1 Å². The Morgan fingerprint density at radius 2 is 0.875 bits per heavy atom. The van der Waals surface area contributed by atoms with Crippen LogP contribution in [0.4, 0.5) is 0 Å². The van der Waals surface area contributed by atoms with Crippen molar-refractivity contribution in [2.45, 2.75) is 0 Å². The van der Waals surface area contributed by atoms with Crippen LogP contribution in [0.2, 0.25) is 0 Å². The van der Waals surface area contributed by atoms with Gasteiger partial charge >= 0.3 is 0 Å². The summed E-state index contributed by atoms with van der Waals surface area (Å²) >= 11 is 0. The second kappa shape index (κ2) is 11.9. The summed E-state index contributed by atoms with van der Waals surface area (Å²) in [7, 11) is 7.19. The van der Waals surface area contributed by atoms with Crippen LogP contribution in [-0.4, -0.2) is 30.9 Å². The molecule has 1 heterocycles. The predicted molar refractivity (Wildman–Crippen MR) is 197 cm³/mol. The van der Waals surface area contributed by atoms with Gasteiger partial charge in [0.05, 0.1) is 32.4 Å². The van der Waals surface area contributed by atoms with Gasteiger partial charge in [-0.3, -0.25) is 0 Å². The van der Waals surface area contributed by atoms with E-state index in [1.54, 1.807) is 21.3 Å². The molecule has 0 bridgehead atoms. The predicted octanol–water partition coefficient (Wildman–Crippen LogP) is 10.6. The molecule has 0 aliphatic carbocycles. The summed E-state index contributed by atoms with van der Waals surface area (Å²) in [4.78, 5) is 5.34. The van der Waals surface area contributed by atoms with Crippen LogP contribution in [0.5, 0.6) is 17.2 Å². The molecule has 7 aromatic carbocycles. The number of methoxy groups -OCH3 is 3. The fourth-order valence-electron chi connectivity index (χ4n) is 6.75. The Balaban J connectivity index is 1.32. The number of aromatic nitrogens is 2. The van der Waals surface area contributed by atoms with E-state index in [0.29, 0.717) is 0 Å². The van der Waals surface area contributed by atoms with Gasteiger partial charge in [0, 0.05) is 23.4 Å². The first kappa shape index (κ1) is 29.3. The average Bonchev–Trinajstić information content (AvgIpc) is 3.52. The van der Waals surface area contributed by atoms with Crippen molar-refractivity contribution in [2.24, 2.45) is 7.05 Å². The van der Waals surface area contributed by atoms with Crippen molar-refractivity contribution in [1.82, 2.24) is 9.55 Å². The van der Waals surface area contributed by atoms with Crippen LogP contribution >= 0.6 is 0 Å². The lowest BCUT2D eigenvalue weighted by atomic mass is 9.93. The fraction of sp³-hybridized carbons (Fsp3) is 0.0930. The van der Waals surface area contributed by atoms with E-state index in [9.17, 15) is 0 Å². The molecule has 0 fully saturated rings. The third-order valence-corrected chi connectivity index (χ3v) is 9.33. The quantitative estimate of drug-likeness (QED) is 0.165. The van der Waals surface area contributed by atoms with Crippen molar-refractivity contribution < 1.29 is 14.2 Å². The van der Waals surface area contributed by atoms with Gasteiger partial charge in [0.2, 0.25) is 0 Å². The standard InChI is InChI=1S/C43H34N2O3/c1-45-42-40-26-32(29-10-8-27(9-11-29)28-12-18-34(46-2)19-13-28)17-23-38(40)37-22-16-31(30-14-20-35(47-3)21-15-30)25-39(37)41(42)44-43(45)33-6-5-7-36(24-33)48-4/h5-26H,1-4H3. The molecule has 0 N–H and O–H groups in total. The zero-order valence-corrected chi connectivity index (χ0v) is 27.3. The van der Waals surface area contributed by atoms with Crippen LogP contribution in [0.3, 0.4) is 0 Å². The van der Waals surface area contributed by atoms with Crippen LogP contribution in [0.25, 0.3) is 77.3 Å². The Hall–Kier alpha value is -6.07. The van der Waals surface area contributed by atoms with E-state index in [1.807, 2.05) is 42.5 Å². The number of nitrogens with zero attached hydrogens (tertiary/aromatic N) is 2. The first-order valence-corrected chi connectivity index (χ1v) is 15.9. The van der Waals surface area contributed by atoms with E-state index >= 15 is 0 Å². The lowest BCUT2D eigenvalue weighted by Gasteiger charge is -2.13. The smallest absolute Gasteiger partial charge is 0.141 e. The van der Waals surface area contributed by atoms with Crippen molar-refractivity contribution in [3.63, 3.8) is 0 Å². The Labute approximate surface area is 279 Å². The zero-order chi connectivity index (χ0) is 32.8. The molecule has 0 saturated heterocycles. The molecule has 0 atom stereocenters. The molecule has 1 aromatic heterocycles. The van der Waals surface area contributed by atoms with Crippen molar-refractivity contribution in [1.29, 1.82) is 0 Å². The monoisotopic (exact) mass is 626 g/mol. The van der Waals surface area contributed by atoms with Gasteiger partial charge in [-0.05, 0) is 92.7 Å². The number of imidazole rings is 1. The molecule has 0 aliphatic heterocycles. The third kappa shape index (κ3) is 5.01. The number of benzene rings is 7. The van der Waals surface area contributed by atoms with Crippen molar-refractivity contribution in [3.8, 4) is 62.0 Å². The summed E-state index contributed by atoms with van der Waals surface area (Å²) in [5.74, 6) is 3.39. The summed E-state index contributed by atoms with van der Waals surface area (Å²) in [6, 6.07) is 46.8. The number of hydrogen-bond acceptors (Lipinski definition) is 4. The highest BCUT2D eigenvalue weighted by atomic mass is 16.5. The minimum atomic E-state index is 0.802. The Kier molecular flexibility index (Phi) is 7.30. The van der Waals surface area contributed by atoms with E-state index < -0.39 is 0 Å². The van der Waals surface area contributed by atoms with E-state index in [1.165, 1.54) is 10.8 Å². The third-order valence-electron chi connectivity index (χ3n) is 9.33. The van der Waals surface area contributed by atoms with Gasteiger partial charge in [-0.15, -0.1) is 0 Å². The van der Waals surface area contributed by atoms with Gasteiger partial charge < -0.3 is 18.8 Å². The number of ether oxygens (including phenoxy) is 3. The molecule has 234 valence electrons. The molecular formula is C43H34N2O3. The number of rotatable bonds is 7. The fourth-order valence-corrected chi connectivity index (χ4v) is 6.75. The summed E-state index contributed by atoms with van der Waals surface area (Å²) in [5, 5.41) is 4.65. The number of fused-ring (bicyclic) bond motifs is 6. The molecule has 0 spiro atoms. The van der Waals surface area contributed by atoms with Gasteiger partial charge in [-0.25, -0.2) is 4.98 Å². The minimum Gasteiger partial charge on any atom is -0.497 e. The molecule has 0 amide bonds. The highest BCUT2D eigenvalue weighted by Gasteiger charge is 2.19. The highest BCUT2D eigenvalue weighted by Crippen LogP contribution is 2.41. The van der Waals surface area contributed by atoms with Gasteiger partial charge in [0.15, 0.2) is 0 Å². The maximum Gasteiger partial charge on any atom is 0.141 e. The molecule has 8 rings (SSSR count). The van der Waals surface area contributed by atoms with Crippen molar-refractivity contribution in [3.05, 3.63) is 133 Å². The maximum absolute atomic E-state index is 5.57. The SMILES string of the molecule is COc1ccc(-c2ccc(-c3ccc4c5ccc(-c6ccc(OC)cc6)cc5c5nc(-c6cccc(OC)c6)n(C)c5c4c3)cc2)cc1. The average molecular weight is 627 g/mol. The van der Waals surface area contributed by atoms with Gasteiger partial charge in [-0.1, -0.05) is 84.9 Å². The van der Waals surface area contributed by atoms with E-state index in [2.05, 4.69) is 103 Å². The van der Waals surface area contributed by atoms with Crippen LogP contribution in [0, 0.1) is 0 Å². The van der Waals surface area contributed by atoms with E-state index in [4.69, 9.17) is 19.2 Å². The van der Waals surface area contributed by atoms with Crippen LogP contribution in [-0.2, 0) is 7.05 Å². The molecular weight excluding hydrogens is 592 g/mol. The largest absolute Gasteiger partial charge is 0.497 e. The lowest BCUT2D eigenvalue weighted by molar-refractivity contribution is 0.415. The van der Waals surface area contributed by atoms with E-state index in [-0.39, 0.29) is 0 Å². The van der Waals surface area contributed by atoms with E-state index in [0.717, 1.165) is 83.8 Å². The van der Waals surface area contributed by atoms with Gasteiger partial charge in [-0.2, -0.15) is 0 Å². The summed E-state index contributed by atoms with van der Waals surface area (Å²) in [5.41, 5.74) is 9.97. The van der Waals surface area contributed by atoms with Crippen LogP contribution < -0.4 is 14.2 Å². The van der Waals surface area contributed by atoms with Crippen molar-refractivity contribution in [2.75, 3.05) is 21.3 Å². The second-order valence-electron chi connectivity index (χ2n) is 12.0. The topological polar surface area (TPSA) is 45.5 Å². The minimum absolute atomic E-state index is 0.802. The van der Waals surface area contributed by atoms with Crippen LogP contribution in [0.1, 0.15) is 0 Å². The Morgan fingerprint density at radius 3 is 1.42 bits per heavy atom. The molecule has 5 nitrogen and oxygen atoms in total. The summed E-state index contributed by atoms with van der Waals surface area (Å²) in [6.45, 7) is 0. The van der Waals surface area contributed by atoms with Gasteiger partial charge in [0.25, 0.3) is 0 Å². The summed E-state index contributed by atoms with van der Waals surface area (Å²) < 4.78 is 18.5. The molecule has 0 saturated carbocycles. The van der Waals surface area contributed by atoms with Crippen molar-refractivity contribution >= 4 is 32.6 Å². The maximum atomic E-state index is 5.57. The molecule has 0 radical (unpaired) electrons. The zero-order valence-electron chi connectivity index (χ0n) is 27.3. The molecule has 48 heavy (non-hydrogen) atoms. The lowest BCUT2D eigenvalue weighted by Crippen LogP contribution is -1.94. The first-order valence-electron chi connectivity index (χ1n) is 15.9. The summed E-state index contributed by atoms with van der Waals surface area (Å²) in [6.07, 6.45) is 0. The molecule has 5 heteroatoms. The Morgan fingerprint density at radius 1 is 0.417 bits per heavy atom. The number of hydrogen-bond donors (Lipinski definition) is 0. The highest BCUT2D eigenvalue weighted by molar-refractivity contribution is 6.25. The number of aryl methyl sites for hydroxylation is 1. The normalized spacial score (nSPS) is 11.3. The first-order chi connectivity index (χ1) is 23.5. The molecule has 0 aliphatic rings. The van der Waals surface area contributed by atoms with Crippen LogP contribution in [0.15, 0.2) is 133 Å². The molecule has 0 unspecified atom stereocenters.